The van der Waals surface area contributed by atoms with Crippen LogP contribution in [0.1, 0.15) is 12.8 Å². The highest BCUT2D eigenvalue weighted by atomic mass is 16.4. The van der Waals surface area contributed by atoms with Gasteiger partial charge in [0.25, 0.3) is 0 Å². The van der Waals surface area contributed by atoms with Crippen LogP contribution in [0.2, 0.25) is 0 Å². The fraction of sp³-hybridized carbons (Fsp3) is 0.833. The summed E-state index contributed by atoms with van der Waals surface area (Å²) in [5.74, 6) is -0.639. The summed E-state index contributed by atoms with van der Waals surface area (Å²) in [6.07, 6.45) is 2.28. The molecule has 3 heteroatoms. The number of carbonyl (C=O) groups is 1. The molecule has 2 heterocycles. The second-order valence-electron chi connectivity index (χ2n) is 2.73. The molecule has 2 aliphatic rings. The average molecular weight is 127 g/mol. The highest BCUT2D eigenvalue weighted by Crippen LogP contribution is 2.37. The maximum absolute atomic E-state index is 10.3. The third-order valence-electron chi connectivity index (χ3n) is 2.23. The molecule has 2 fully saturated rings. The lowest BCUT2D eigenvalue weighted by atomic mass is 10.2. The maximum atomic E-state index is 10.3. The second-order valence-corrected chi connectivity index (χ2v) is 2.73. The summed E-state index contributed by atoms with van der Waals surface area (Å²) in [6, 6.07) is 0.293. The van der Waals surface area contributed by atoms with Gasteiger partial charge in [0, 0.05) is 6.04 Å². The summed E-state index contributed by atoms with van der Waals surface area (Å²) >= 11 is 0. The molecule has 0 spiro atoms. The summed E-state index contributed by atoms with van der Waals surface area (Å²) in [7, 11) is 0. The molecule has 0 radical (unpaired) electrons. The molecule has 1 N–H and O–H groups in total. The molecule has 0 aromatic heterocycles. The van der Waals surface area contributed by atoms with Gasteiger partial charge in [-0.2, -0.15) is 0 Å². The molecule has 50 valence electrons. The molecule has 2 saturated heterocycles. The number of hydrogen-bond donors (Lipinski definition) is 1. The zero-order valence-electron chi connectivity index (χ0n) is 5.08. The molecular formula is C6H9NO2. The van der Waals surface area contributed by atoms with Crippen LogP contribution in [0.15, 0.2) is 0 Å². The Kier molecular flexibility index (Phi) is 0.858. The number of nitrogens with zero attached hydrogens (tertiary/aromatic N) is 1. The van der Waals surface area contributed by atoms with E-state index < -0.39 is 5.97 Å². The van der Waals surface area contributed by atoms with E-state index in [1.807, 2.05) is 4.90 Å². The van der Waals surface area contributed by atoms with Crippen LogP contribution < -0.4 is 0 Å². The molecule has 0 saturated carbocycles. The lowest BCUT2D eigenvalue weighted by molar-refractivity contribution is -0.137. The number of rotatable bonds is 1. The van der Waals surface area contributed by atoms with E-state index in [0.717, 1.165) is 13.0 Å². The van der Waals surface area contributed by atoms with Gasteiger partial charge in [0.1, 0.15) is 6.04 Å². The Bertz CT molecular complexity index is 147. The third-order valence-corrected chi connectivity index (χ3v) is 2.23. The summed E-state index contributed by atoms with van der Waals surface area (Å²) in [6.45, 7) is 1.00. The first kappa shape index (κ1) is 5.23. The van der Waals surface area contributed by atoms with Crippen molar-refractivity contribution in [2.75, 3.05) is 6.54 Å². The fourth-order valence-electron chi connectivity index (χ4n) is 1.75. The van der Waals surface area contributed by atoms with Crippen molar-refractivity contribution >= 4 is 5.97 Å². The van der Waals surface area contributed by atoms with E-state index in [-0.39, 0.29) is 6.04 Å². The molecule has 0 aliphatic carbocycles. The predicted molar refractivity (Wildman–Crippen MR) is 31.2 cm³/mol. The smallest absolute Gasteiger partial charge is 0.322 e. The van der Waals surface area contributed by atoms with Crippen molar-refractivity contribution in [3.05, 3.63) is 0 Å². The van der Waals surface area contributed by atoms with Gasteiger partial charge in [-0.15, -0.1) is 0 Å². The number of piperidine rings is 1. The van der Waals surface area contributed by atoms with Crippen LogP contribution in [0.4, 0.5) is 0 Å². The topological polar surface area (TPSA) is 40.3 Å². The lowest BCUT2D eigenvalue weighted by Crippen LogP contribution is -2.14. The average Bonchev–Trinajstić information content (AvgIpc) is 2.30. The standard InChI is InChI=1S/C6H9NO2/c8-6(9)5-4-2-1-3-7(4)5/h4-5H,1-3H2,(H,8,9). The quantitative estimate of drug-likeness (QED) is 0.501. The molecule has 9 heavy (non-hydrogen) atoms. The predicted octanol–water partition coefficient (Wildman–Crippen LogP) is -0.0824. The van der Waals surface area contributed by atoms with Crippen LogP contribution in [-0.2, 0) is 4.79 Å². The van der Waals surface area contributed by atoms with Crippen molar-refractivity contribution in [1.82, 2.24) is 4.90 Å². The van der Waals surface area contributed by atoms with Gasteiger partial charge >= 0.3 is 5.97 Å². The molecule has 3 atom stereocenters. The van der Waals surface area contributed by atoms with E-state index >= 15 is 0 Å². The highest BCUT2D eigenvalue weighted by molar-refractivity contribution is 5.78. The second kappa shape index (κ2) is 1.48. The first-order valence-corrected chi connectivity index (χ1v) is 3.29. The van der Waals surface area contributed by atoms with Crippen LogP contribution in [0.25, 0.3) is 0 Å². The molecule has 0 aromatic rings. The van der Waals surface area contributed by atoms with Crippen molar-refractivity contribution < 1.29 is 9.90 Å². The van der Waals surface area contributed by atoms with E-state index in [1.54, 1.807) is 0 Å². The van der Waals surface area contributed by atoms with Gasteiger partial charge in [-0.25, -0.2) is 0 Å². The van der Waals surface area contributed by atoms with Crippen molar-refractivity contribution in [2.45, 2.75) is 24.9 Å². The molecule has 3 unspecified atom stereocenters. The number of hydrogen-bond acceptors (Lipinski definition) is 2. The number of carboxylic acid groups (broad SMARTS) is 1. The Morgan fingerprint density at radius 3 is 2.78 bits per heavy atom. The monoisotopic (exact) mass is 127 g/mol. The van der Waals surface area contributed by atoms with Gasteiger partial charge in [0.05, 0.1) is 0 Å². The summed E-state index contributed by atoms with van der Waals surface area (Å²) < 4.78 is 0. The van der Waals surface area contributed by atoms with E-state index in [4.69, 9.17) is 5.11 Å². The van der Waals surface area contributed by atoms with E-state index in [9.17, 15) is 4.79 Å². The molecule has 0 amide bonds. The van der Waals surface area contributed by atoms with Crippen LogP contribution >= 0.6 is 0 Å². The van der Waals surface area contributed by atoms with E-state index in [1.165, 1.54) is 6.42 Å². The lowest BCUT2D eigenvalue weighted by Gasteiger charge is -1.93. The van der Waals surface area contributed by atoms with Gasteiger partial charge in [0.15, 0.2) is 0 Å². The van der Waals surface area contributed by atoms with Gasteiger partial charge < -0.3 is 5.11 Å². The van der Waals surface area contributed by atoms with E-state index in [0.29, 0.717) is 6.04 Å². The van der Waals surface area contributed by atoms with Crippen LogP contribution in [0.3, 0.4) is 0 Å². The number of fused-ring (bicyclic) bond motifs is 1. The van der Waals surface area contributed by atoms with E-state index in [2.05, 4.69) is 0 Å². The van der Waals surface area contributed by atoms with Gasteiger partial charge in [0.2, 0.25) is 0 Å². The van der Waals surface area contributed by atoms with Crippen molar-refractivity contribution in [3.8, 4) is 0 Å². The molecule has 0 aromatic carbocycles. The maximum Gasteiger partial charge on any atom is 0.322 e. The Labute approximate surface area is 53.3 Å². The normalized spacial score (nSPS) is 46.4. The summed E-state index contributed by atoms with van der Waals surface area (Å²) in [5, 5.41) is 8.52. The fourth-order valence-corrected chi connectivity index (χ4v) is 1.75. The Hall–Kier alpha value is -0.570. The Balaban J connectivity index is 2.02. The molecule has 2 aliphatic heterocycles. The van der Waals surface area contributed by atoms with Crippen molar-refractivity contribution in [2.24, 2.45) is 0 Å². The van der Waals surface area contributed by atoms with Crippen molar-refractivity contribution in [1.29, 1.82) is 0 Å². The molecule has 2 rings (SSSR count). The highest BCUT2D eigenvalue weighted by Gasteiger charge is 2.54. The Morgan fingerprint density at radius 1 is 1.67 bits per heavy atom. The first-order valence-electron chi connectivity index (χ1n) is 3.29. The van der Waals surface area contributed by atoms with Gasteiger partial charge in [-0.3, -0.25) is 9.69 Å². The van der Waals surface area contributed by atoms with Crippen molar-refractivity contribution in [3.63, 3.8) is 0 Å². The van der Waals surface area contributed by atoms with Crippen LogP contribution in [0.5, 0.6) is 0 Å². The minimum Gasteiger partial charge on any atom is -0.480 e. The zero-order valence-corrected chi connectivity index (χ0v) is 5.08. The summed E-state index contributed by atoms with van der Waals surface area (Å²) in [5.41, 5.74) is 0. The minimum absolute atomic E-state index is 0.112. The first-order chi connectivity index (χ1) is 4.30. The van der Waals surface area contributed by atoms with Gasteiger partial charge in [-0.05, 0) is 19.4 Å². The molecule has 3 nitrogen and oxygen atoms in total. The molecule has 0 bridgehead atoms. The Morgan fingerprint density at radius 2 is 2.44 bits per heavy atom. The van der Waals surface area contributed by atoms with Crippen LogP contribution in [0, 0.1) is 0 Å². The minimum atomic E-state index is -0.639. The molecular weight excluding hydrogens is 118 g/mol. The van der Waals surface area contributed by atoms with Crippen LogP contribution in [-0.4, -0.2) is 34.6 Å². The zero-order chi connectivity index (χ0) is 6.43. The largest absolute Gasteiger partial charge is 0.480 e. The van der Waals surface area contributed by atoms with Gasteiger partial charge in [-0.1, -0.05) is 0 Å². The number of aliphatic carboxylic acids is 1. The third kappa shape index (κ3) is 0.580. The SMILES string of the molecule is O=C(O)C1C2CCCN21. The number of carboxylic acids is 1. The summed E-state index contributed by atoms with van der Waals surface area (Å²) in [4.78, 5) is 12.4.